The van der Waals surface area contributed by atoms with Crippen molar-refractivity contribution >= 4 is 6.09 Å². The molecule has 0 aliphatic rings. The van der Waals surface area contributed by atoms with Gasteiger partial charge in [-0.15, -0.1) is 0 Å². The molecule has 1 aromatic rings. The van der Waals surface area contributed by atoms with Crippen molar-refractivity contribution in [3.05, 3.63) is 48.2 Å². The molecule has 21 heavy (non-hydrogen) atoms. The van der Waals surface area contributed by atoms with E-state index < -0.39 is 6.09 Å². The molecule has 0 unspecified atom stereocenters. The van der Waals surface area contributed by atoms with Crippen LogP contribution >= 0.6 is 0 Å². The quantitative estimate of drug-likeness (QED) is 0.510. The number of hydrogen-bond donors (Lipinski definition) is 2. The first-order chi connectivity index (χ1) is 10.2. The minimum atomic E-state index is -0.477. The third kappa shape index (κ3) is 9.48. The van der Waals surface area contributed by atoms with E-state index in [1.54, 1.807) is 0 Å². The standard InChI is InChI=1S/C15H21NO5/c1-13(17)11-20-10-9-19-8-7-16-15(18)21-12-14-5-3-2-4-6-14/h2-6,17H,1,7-12H2,(H,16,18). The van der Waals surface area contributed by atoms with Gasteiger partial charge in [-0.25, -0.2) is 4.79 Å². The normalized spacial score (nSPS) is 10.1. The minimum absolute atomic E-state index is 0.0159. The molecule has 1 rings (SSSR count). The minimum Gasteiger partial charge on any atom is -0.510 e. The van der Waals surface area contributed by atoms with Crippen LogP contribution in [-0.2, 0) is 20.8 Å². The van der Waals surface area contributed by atoms with Crippen molar-refractivity contribution in [2.45, 2.75) is 6.61 Å². The molecule has 0 atom stereocenters. The van der Waals surface area contributed by atoms with Crippen molar-refractivity contribution in [3.63, 3.8) is 0 Å². The van der Waals surface area contributed by atoms with Gasteiger partial charge in [0.05, 0.1) is 19.8 Å². The van der Waals surface area contributed by atoms with Gasteiger partial charge in [0.1, 0.15) is 19.0 Å². The zero-order valence-electron chi connectivity index (χ0n) is 11.9. The van der Waals surface area contributed by atoms with Gasteiger partial charge in [-0.3, -0.25) is 0 Å². The van der Waals surface area contributed by atoms with Crippen LogP contribution in [0.1, 0.15) is 5.56 Å². The number of carbonyl (C=O) groups excluding carboxylic acids is 1. The summed E-state index contributed by atoms with van der Waals surface area (Å²) in [6.07, 6.45) is -0.477. The number of nitrogens with one attached hydrogen (secondary N) is 1. The van der Waals surface area contributed by atoms with Gasteiger partial charge in [-0.05, 0) is 5.56 Å². The third-order valence-corrected chi connectivity index (χ3v) is 2.37. The second kappa shape index (κ2) is 10.7. The number of rotatable bonds is 10. The molecule has 1 amide bonds. The fourth-order valence-electron chi connectivity index (χ4n) is 1.41. The number of carbonyl (C=O) groups is 1. The van der Waals surface area contributed by atoms with Crippen LogP contribution in [0.3, 0.4) is 0 Å². The highest BCUT2D eigenvalue weighted by Crippen LogP contribution is 2.00. The summed E-state index contributed by atoms with van der Waals surface area (Å²) in [6, 6.07) is 9.45. The molecule has 0 radical (unpaired) electrons. The summed E-state index contributed by atoms with van der Waals surface area (Å²) in [6.45, 7) is 5.11. The van der Waals surface area contributed by atoms with E-state index in [1.165, 1.54) is 0 Å². The summed E-state index contributed by atoms with van der Waals surface area (Å²) in [5.41, 5.74) is 0.937. The second-order valence-electron chi connectivity index (χ2n) is 4.22. The van der Waals surface area contributed by atoms with Gasteiger partial charge < -0.3 is 24.6 Å². The Bertz CT molecular complexity index is 421. The highest BCUT2D eigenvalue weighted by atomic mass is 16.5. The number of alkyl carbamates (subject to hydrolysis) is 1. The van der Waals surface area contributed by atoms with E-state index in [0.29, 0.717) is 26.4 Å². The Hall–Kier alpha value is -2.05. The molecule has 116 valence electrons. The first-order valence-electron chi connectivity index (χ1n) is 6.65. The topological polar surface area (TPSA) is 77.0 Å². The molecule has 2 N–H and O–H groups in total. The first kappa shape index (κ1) is 17.0. The maximum absolute atomic E-state index is 11.4. The summed E-state index contributed by atoms with van der Waals surface area (Å²) >= 11 is 0. The van der Waals surface area contributed by atoms with Gasteiger partial charge in [0.2, 0.25) is 0 Å². The van der Waals surface area contributed by atoms with Crippen LogP contribution in [0.2, 0.25) is 0 Å². The molecule has 0 saturated heterocycles. The van der Waals surface area contributed by atoms with Crippen molar-refractivity contribution in [3.8, 4) is 0 Å². The predicted octanol–water partition coefficient (Wildman–Crippen LogP) is 2.02. The Morgan fingerprint density at radius 1 is 1.14 bits per heavy atom. The van der Waals surface area contributed by atoms with Crippen LogP contribution in [0.5, 0.6) is 0 Å². The lowest BCUT2D eigenvalue weighted by Crippen LogP contribution is -2.28. The molecule has 0 saturated carbocycles. The van der Waals surface area contributed by atoms with E-state index in [1.807, 2.05) is 30.3 Å². The molecule has 0 bridgehead atoms. The predicted molar refractivity (Wildman–Crippen MR) is 78.0 cm³/mol. The van der Waals surface area contributed by atoms with Crippen LogP contribution in [0, 0.1) is 0 Å². The van der Waals surface area contributed by atoms with Gasteiger partial charge >= 0.3 is 6.09 Å². The highest BCUT2D eigenvalue weighted by Gasteiger charge is 2.01. The largest absolute Gasteiger partial charge is 0.510 e. The monoisotopic (exact) mass is 295 g/mol. The summed E-state index contributed by atoms with van der Waals surface area (Å²) in [4.78, 5) is 11.4. The van der Waals surface area contributed by atoms with E-state index in [9.17, 15) is 4.79 Å². The van der Waals surface area contributed by atoms with Gasteiger partial charge in [-0.2, -0.15) is 0 Å². The molecule has 0 aliphatic heterocycles. The van der Waals surface area contributed by atoms with E-state index in [0.717, 1.165) is 5.56 Å². The van der Waals surface area contributed by atoms with Crippen molar-refractivity contribution < 1.29 is 24.1 Å². The van der Waals surface area contributed by atoms with Crippen LogP contribution in [-0.4, -0.2) is 44.2 Å². The van der Waals surface area contributed by atoms with Gasteiger partial charge in [0.25, 0.3) is 0 Å². The zero-order chi connectivity index (χ0) is 15.3. The van der Waals surface area contributed by atoms with Crippen LogP contribution in [0.25, 0.3) is 0 Å². The van der Waals surface area contributed by atoms with Crippen molar-refractivity contribution in [2.24, 2.45) is 0 Å². The van der Waals surface area contributed by atoms with Crippen LogP contribution < -0.4 is 5.32 Å². The maximum Gasteiger partial charge on any atom is 0.407 e. The Balaban J connectivity index is 1.93. The lowest BCUT2D eigenvalue weighted by Gasteiger charge is -2.08. The molecule has 6 nitrogen and oxygen atoms in total. The Labute approximate surface area is 124 Å². The molecular formula is C15H21NO5. The molecular weight excluding hydrogens is 274 g/mol. The Morgan fingerprint density at radius 3 is 2.57 bits per heavy atom. The van der Waals surface area contributed by atoms with Crippen molar-refractivity contribution in [2.75, 3.05) is 33.0 Å². The Morgan fingerprint density at radius 2 is 1.86 bits per heavy atom. The molecule has 0 aromatic heterocycles. The number of aliphatic hydroxyl groups is 1. The summed E-state index contributed by atoms with van der Waals surface area (Å²) in [5, 5.41) is 11.3. The number of aliphatic hydroxyl groups excluding tert-OH is 1. The summed E-state index contributed by atoms with van der Waals surface area (Å²) in [5.74, 6) is -0.0159. The van der Waals surface area contributed by atoms with Gasteiger partial charge in [0, 0.05) is 6.54 Å². The summed E-state index contributed by atoms with van der Waals surface area (Å²) in [7, 11) is 0. The fourth-order valence-corrected chi connectivity index (χ4v) is 1.41. The van der Waals surface area contributed by atoms with Gasteiger partial charge in [0.15, 0.2) is 0 Å². The van der Waals surface area contributed by atoms with Crippen LogP contribution in [0.4, 0.5) is 4.79 Å². The summed E-state index contributed by atoms with van der Waals surface area (Å²) < 4.78 is 15.3. The Kier molecular flexibility index (Phi) is 8.67. The molecule has 0 heterocycles. The lowest BCUT2D eigenvalue weighted by molar-refractivity contribution is 0.0482. The fraction of sp³-hybridized carbons (Fsp3) is 0.400. The first-order valence-corrected chi connectivity index (χ1v) is 6.65. The average Bonchev–Trinajstić information content (AvgIpc) is 2.48. The van der Waals surface area contributed by atoms with Crippen molar-refractivity contribution in [1.29, 1.82) is 0 Å². The number of benzene rings is 1. The molecule has 0 aliphatic carbocycles. The van der Waals surface area contributed by atoms with Gasteiger partial charge in [-0.1, -0.05) is 36.9 Å². The molecule has 0 fully saturated rings. The molecule has 6 heteroatoms. The van der Waals surface area contributed by atoms with E-state index in [2.05, 4.69) is 11.9 Å². The van der Waals surface area contributed by atoms with E-state index in [-0.39, 0.29) is 19.0 Å². The molecule has 1 aromatic carbocycles. The zero-order valence-corrected chi connectivity index (χ0v) is 11.9. The van der Waals surface area contributed by atoms with E-state index >= 15 is 0 Å². The number of ether oxygens (including phenoxy) is 3. The van der Waals surface area contributed by atoms with Crippen LogP contribution in [0.15, 0.2) is 42.7 Å². The highest BCUT2D eigenvalue weighted by molar-refractivity contribution is 5.67. The SMILES string of the molecule is C=C(O)COCCOCCNC(=O)OCc1ccccc1. The number of amides is 1. The number of hydrogen-bond acceptors (Lipinski definition) is 5. The maximum atomic E-state index is 11.4. The smallest absolute Gasteiger partial charge is 0.407 e. The second-order valence-corrected chi connectivity index (χ2v) is 4.22. The molecule has 0 spiro atoms. The third-order valence-electron chi connectivity index (χ3n) is 2.37. The van der Waals surface area contributed by atoms with Crippen molar-refractivity contribution in [1.82, 2.24) is 5.32 Å². The lowest BCUT2D eigenvalue weighted by atomic mass is 10.2. The van der Waals surface area contributed by atoms with E-state index in [4.69, 9.17) is 19.3 Å². The average molecular weight is 295 g/mol.